The third kappa shape index (κ3) is 8.38. The maximum atomic E-state index is 7.12. The minimum atomic E-state index is -3.43. The molecule has 0 bridgehead atoms. The van der Waals surface area contributed by atoms with E-state index in [0.717, 1.165) is 17.4 Å². The van der Waals surface area contributed by atoms with Crippen LogP contribution in [0.2, 0.25) is 0 Å². The first-order valence-corrected chi connectivity index (χ1v) is 26.1. The Labute approximate surface area is 292 Å². The van der Waals surface area contributed by atoms with Crippen molar-refractivity contribution in [2.45, 2.75) is 142 Å². The van der Waals surface area contributed by atoms with E-state index in [1.165, 1.54) is 61.7 Å². The molecule has 2 aromatic rings. The van der Waals surface area contributed by atoms with Crippen LogP contribution in [-0.2, 0) is 16.6 Å². The van der Waals surface area contributed by atoms with Crippen molar-refractivity contribution < 1.29 is 16.6 Å². The summed E-state index contributed by atoms with van der Waals surface area (Å²) in [5.74, 6) is 0. The van der Waals surface area contributed by atoms with E-state index < -0.39 is 11.9 Å². The normalized spacial score (nSPS) is 20.3. The van der Waals surface area contributed by atoms with Gasteiger partial charge in [-0.2, -0.15) is 0 Å². The van der Waals surface area contributed by atoms with E-state index in [2.05, 4.69) is 75.6 Å². The third-order valence-corrected chi connectivity index (χ3v) is 20.3. The fraction of sp³-hybridized carbons (Fsp3) is 0.641. The quantitative estimate of drug-likeness (QED) is 0.206. The predicted molar refractivity (Wildman–Crippen MR) is 205 cm³/mol. The third-order valence-electron chi connectivity index (χ3n) is 10.8. The molecule has 258 valence electrons. The van der Waals surface area contributed by atoms with Gasteiger partial charge in [0.25, 0.3) is 0 Å². The van der Waals surface area contributed by atoms with Crippen LogP contribution in [0.15, 0.2) is 24.3 Å². The summed E-state index contributed by atoms with van der Waals surface area (Å²) < 4.78 is 6.64. The average molecular weight is 776 g/mol. The summed E-state index contributed by atoms with van der Waals surface area (Å²) in [7, 11) is 14.3. The summed E-state index contributed by atoms with van der Waals surface area (Å²) in [6.45, 7) is 17.1. The molecule has 7 heteroatoms. The molecule has 0 amide bonds. The van der Waals surface area contributed by atoms with E-state index >= 15 is 0 Å². The van der Waals surface area contributed by atoms with Crippen molar-refractivity contribution in [3.63, 3.8) is 0 Å². The van der Waals surface area contributed by atoms with Crippen LogP contribution in [0.3, 0.4) is 0 Å². The number of rotatable bonds is 7. The van der Waals surface area contributed by atoms with Crippen molar-refractivity contribution in [1.29, 1.82) is 0 Å². The van der Waals surface area contributed by atoms with Gasteiger partial charge in [0.05, 0.1) is 17.0 Å². The van der Waals surface area contributed by atoms with Crippen LogP contribution < -0.4 is 9.80 Å². The second kappa shape index (κ2) is 16.4. The summed E-state index contributed by atoms with van der Waals surface area (Å²) in [6.07, 6.45) is 19.2. The van der Waals surface area contributed by atoms with E-state index in [4.69, 9.17) is 24.1 Å². The van der Waals surface area contributed by atoms with Crippen molar-refractivity contribution in [1.82, 2.24) is 0 Å². The molecule has 0 radical (unpaired) electrons. The molecule has 3 nitrogen and oxygen atoms in total. The Morgan fingerprint density at radius 1 is 0.652 bits per heavy atom. The Bertz CT molecular complexity index is 1320. The van der Waals surface area contributed by atoms with Crippen molar-refractivity contribution in [2.75, 3.05) is 29.5 Å². The first-order valence-electron chi connectivity index (χ1n) is 18.0. The zero-order valence-corrected chi connectivity index (χ0v) is 33.9. The number of anilines is 2. The molecule has 0 spiro atoms. The molecule has 1 aliphatic heterocycles. The SMILES string of the molecule is C1CCC([PH+](C2CCCC2)C2CCCC2)C1.CCO[CH]=[Ru]([Cl])([Cl])=[C]1N(c2c(C)cc(C)cc2C)CCN1c1c(C)cc(C)cc1C. The molecule has 4 fully saturated rings. The van der Waals surface area contributed by atoms with Crippen LogP contribution in [0.5, 0.6) is 0 Å². The molecule has 0 aromatic heterocycles. The number of aryl methyl sites for hydroxylation is 6. The Kier molecular flexibility index (Phi) is 13.1. The van der Waals surface area contributed by atoms with E-state index in [9.17, 15) is 0 Å². The van der Waals surface area contributed by atoms with Crippen molar-refractivity contribution in [3.8, 4) is 0 Å². The Morgan fingerprint density at radius 2 is 0.978 bits per heavy atom. The molecule has 2 aromatic carbocycles. The van der Waals surface area contributed by atoms with Crippen molar-refractivity contribution >= 4 is 47.8 Å². The van der Waals surface area contributed by atoms with E-state index in [0.29, 0.717) is 6.61 Å². The van der Waals surface area contributed by atoms with Crippen molar-refractivity contribution in [2.24, 2.45) is 0 Å². The average Bonchev–Trinajstić information content (AvgIpc) is 3.81. The molecule has 1 saturated heterocycles. The monoisotopic (exact) mass is 775 g/mol. The molecule has 3 aliphatic carbocycles. The van der Waals surface area contributed by atoms with Gasteiger partial charge in [-0.15, -0.1) is 0 Å². The van der Waals surface area contributed by atoms with Gasteiger partial charge >= 0.3 is 192 Å². The fourth-order valence-electron chi connectivity index (χ4n) is 9.33. The van der Waals surface area contributed by atoms with Gasteiger partial charge in [-0.25, -0.2) is 0 Å². The summed E-state index contributed by atoms with van der Waals surface area (Å²) in [5, 5.41) is 0. The summed E-state index contributed by atoms with van der Waals surface area (Å²) >= 11 is -3.43. The standard InChI is InChI=1S/C21H26N2.C15H27P.C3H6O.2ClH.Ru/c1-14-9-16(3)20(17(4)10-14)22-7-8-23(13-22)21-18(5)11-15(2)12-19(21)6;1-2-8-13(7-1)16(14-9-3-4-10-14)15-11-5-6-12-15;1-3-4-2;;;/h9-12H,7-8H2,1-6H3;13-15H,1-12H2;2H,3H2,1H3;2*1H;/q;;;;;+2/p-1. The molecule has 46 heavy (non-hydrogen) atoms. The van der Waals surface area contributed by atoms with Crippen LogP contribution in [0, 0.1) is 41.5 Å². The predicted octanol–water partition coefficient (Wildman–Crippen LogP) is 11.2. The zero-order chi connectivity index (χ0) is 33.0. The number of benzene rings is 2. The molecule has 6 rings (SSSR count). The van der Waals surface area contributed by atoms with Crippen LogP contribution in [0.25, 0.3) is 0 Å². The molecule has 0 atom stereocenters. The van der Waals surface area contributed by atoms with Crippen LogP contribution in [0.1, 0.15) is 117 Å². The van der Waals surface area contributed by atoms with Gasteiger partial charge < -0.3 is 0 Å². The number of nitrogens with zero attached hydrogens (tertiary/aromatic N) is 2. The Hall–Kier alpha value is -0.627. The molecule has 0 unspecified atom stereocenters. The van der Waals surface area contributed by atoms with Gasteiger partial charge in [0.15, 0.2) is 0 Å². The van der Waals surface area contributed by atoms with Gasteiger partial charge in [-0.05, 0) is 77.0 Å². The first-order chi connectivity index (χ1) is 22.0. The molecule has 3 saturated carbocycles. The van der Waals surface area contributed by atoms with E-state index in [-0.39, 0.29) is 7.92 Å². The fourth-order valence-corrected chi connectivity index (χ4v) is 19.6. The van der Waals surface area contributed by atoms with E-state index in [1.807, 2.05) is 6.92 Å². The summed E-state index contributed by atoms with van der Waals surface area (Å²) in [5.41, 5.74) is 13.6. The van der Waals surface area contributed by atoms with Gasteiger partial charge in [0.1, 0.15) is 0 Å². The number of hydrogen-bond donors (Lipinski definition) is 0. The second-order valence-electron chi connectivity index (χ2n) is 14.5. The number of hydrogen-bond acceptors (Lipinski definition) is 3. The maximum absolute atomic E-state index is 7.12. The van der Waals surface area contributed by atoms with Gasteiger partial charge in [0.2, 0.25) is 0 Å². The summed E-state index contributed by atoms with van der Waals surface area (Å²) in [4.78, 5) is 6.40. The topological polar surface area (TPSA) is 15.7 Å². The first kappa shape index (κ1) is 36.6. The molecular weight excluding hydrogens is 715 g/mol. The second-order valence-corrected chi connectivity index (χ2v) is 27.1. The molecule has 0 N–H and O–H groups in total. The minimum absolute atomic E-state index is 0.0224. The van der Waals surface area contributed by atoms with Crippen molar-refractivity contribution in [3.05, 3.63) is 57.6 Å². The number of ether oxygens (including phenoxy) is 1. The Balaban J connectivity index is 0.000000217. The van der Waals surface area contributed by atoms with E-state index in [1.54, 1.807) is 81.8 Å². The van der Waals surface area contributed by atoms with Crippen LogP contribution in [-0.4, -0.2) is 45.8 Å². The van der Waals surface area contributed by atoms with Gasteiger partial charge in [0, 0.05) is 7.92 Å². The number of halogens is 2. The zero-order valence-electron chi connectivity index (χ0n) is 29.6. The Morgan fingerprint density at radius 3 is 1.28 bits per heavy atom. The molecule has 4 aliphatic rings. The van der Waals surface area contributed by atoms with Gasteiger partial charge in [-0.3, -0.25) is 0 Å². The molecular formula is C39H60Cl2N2OPRu+. The van der Waals surface area contributed by atoms with Crippen LogP contribution >= 0.6 is 27.3 Å². The summed E-state index contributed by atoms with van der Waals surface area (Å²) in [6, 6.07) is 8.91. The molecule has 1 heterocycles. The van der Waals surface area contributed by atoms with Gasteiger partial charge in [-0.1, -0.05) is 0 Å². The van der Waals surface area contributed by atoms with Crippen LogP contribution in [0.4, 0.5) is 11.4 Å².